The van der Waals surface area contributed by atoms with Gasteiger partial charge in [0.05, 0.1) is 6.54 Å². The topological polar surface area (TPSA) is 32.7 Å². The van der Waals surface area contributed by atoms with Crippen molar-refractivity contribution in [3.63, 3.8) is 0 Å². The van der Waals surface area contributed by atoms with Gasteiger partial charge in [-0.15, -0.1) is 0 Å². The normalized spacial score (nSPS) is 15.1. The summed E-state index contributed by atoms with van der Waals surface area (Å²) >= 11 is 4.86. The Morgan fingerprint density at radius 3 is 2.75 bits per heavy atom. The molecular weight excluding hydrogens is 288 g/mol. The molecule has 1 heterocycles. The molecule has 0 atom stereocenters. The van der Waals surface area contributed by atoms with Crippen molar-refractivity contribution in [3.8, 4) is 0 Å². The number of aliphatic imine (C=N–C) groups is 1. The number of carbonyl (C=O) groups is 1. The third-order valence-corrected chi connectivity index (χ3v) is 3.56. The standard InChI is InChI=1S/C11H11BrN2OS/c1-16-11-13-6-7-14(11)10(15)8-2-4-9(12)5-3-8/h2-5H,6-7H2,1H3. The molecule has 0 N–H and O–H groups in total. The molecule has 0 aliphatic carbocycles. The van der Waals surface area contributed by atoms with E-state index in [-0.39, 0.29) is 5.91 Å². The van der Waals surface area contributed by atoms with E-state index < -0.39 is 0 Å². The van der Waals surface area contributed by atoms with Crippen LogP contribution >= 0.6 is 27.7 Å². The minimum Gasteiger partial charge on any atom is -0.286 e. The van der Waals surface area contributed by atoms with Crippen molar-refractivity contribution in [2.75, 3.05) is 19.3 Å². The number of amidine groups is 1. The third-order valence-electron chi connectivity index (χ3n) is 2.32. The Hall–Kier alpha value is -0.810. The van der Waals surface area contributed by atoms with Gasteiger partial charge < -0.3 is 0 Å². The highest BCUT2D eigenvalue weighted by Gasteiger charge is 2.23. The fourth-order valence-electron chi connectivity index (χ4n) is 1.54. The van der Waals surface area contributed by atoms with E-state index in [1.54, 1.807) is 4.90 Å². The second kappa shape index (κ2) is 5.01. The van der Waals surface area contributed by atoms with Crippen LogP contribution in [0.3, 0.4) is 0 Å². The Morgan fingerprint density at radius 2 is 2.12 bits per heavy atom. The van der Waals surface area contributed by atoms with E-state index in [0.29, 0.717) is 18.7 Å². The molecule has 1 aromatic carbocycles. The fourth-order valence-corrected chi connectivity index (χ4v) is 2.42. The summed E-state index contributed by atoms with van der Waals surface area (Å²) in [4.78, 5) is 18.1. The van der Waals surface area contributed by atoms with Crippen molar-refractivity contribution >= 4 is 38.8 Å². The fraction of sp³-hybridized carbons (Fsp3) is 0.273. The Kier molecular flexibility index (Phi) is 3.66. The number of halogens is 1. The summed E-state index contributed by atoms with van der Waals surface area (Å²) < 4.78 is 0.976. The average molecular weight is 299 g/mol. The number of hydrogen-bond donors (Lipinski definition) is 0. The van der Waals surface area contributed by atoms with E-state index in [1.165, 1.54) is 11.8 Å². The maximum atomic E-state index is 12.1. The van der Waals surface area contributed by atoms with Crippen LogP contribution in [0.5, 0.6) is 0 Å². The first kappa shape index (κ1) is 11.7. The molecule has 0 saturated heterocycles. The number of benzene rings is 1. The molecule has 84 valence electrons. The summed E-state index contributed by atoms with van der Waals surface area (Å²) in [5, 5.41) is 0.813. The highest BCUT2D eigenvalue weighted by Crippen LogP contribution is 2.17. The molecule has 1 aliphatic rings. The zero-order valence-electron chi connectivity index (χ0n) is 8.81. The number of hydrogen-bond acceptors (Lipinski definition) is 3. The smallest absolute Gasteiger partial charge is 0.259 e. The lowest BCUT2D eigenvalue weighted by Crippen LogP contribution is -2.32. The summed E-state index contributed by atoms with van der Waals surface area (Å²) in [6.45, 7) is 1.39. The summed E-state index contributed by atoms with van der Waals surface area (Å²) in [7, 11) is 0. The van der Waals surface area contributed by atoms with Crippen LogP contribution in [0.15, 0.2) is 33.7 Å². The Labute approximate surface area is 107 Å². The van der Waals surface area contributed by atoms with Gasteiger partial charge in [0.1, 0.15) is 0 Å². The molecule has 3 nitrogen and oxygen atoms in total. The van der Waals surface area contributed by atoms with Crippen molar-refractivity contribution in [2.45, 2.75) is 0 Å². The minimum atomic E-state index is 0.0260. The van der Waals surface area contributed by atoms with Gasteiger partial charge in [-0.05, 0) is 30.5 Å². The maximum absolute atomic E-state index is 12.1. The largest absolute Gasteiger partial charge is 0.286 e. The Balaban J connectivity index is 2.19. The van der Waals surface area contributed by atoms with Crippen LogP contribution in [0.1, 0.15) is 10.4 Å². The van der Waals surface area contributed by atoms with Crippen LogP contribution in [-0.2, 0) is 0 Å². The molecule has 1 aromatic rings. The first-order valence-corrected chi connectivity index (χ1v) is 6.90. The molecule has 0 aromatic heterocycles. The SMILES string of the molecule is CSC1=NCCN1C(=O)c1ccc(Br)cc1. The number of carbonyl (C=O) groups excluding carboxylic acids is 1. The number of amides is 1. The predicted octanol–water partition coefficient (Wildman–Crippen LogP) is 2.62. The van der Waals surface area contributed by atoms with E-state index >= 15 is 0 Å². The van der Waals surface area contributed by atoms with Gasteiger partial charge in [0.25, 0.3) is 5.91 Å². The minimum absolute atomic E-state index is 0.0260. The predicted molar refractivity (Wildman–Crippen MR) is 71.0 cm³/mol. The van der Waals surface area contributed by atoms with Gasteiger partial charge in [-0.25, -0.2) is 0 Å². The van der Waals surface area contributed by atoms with Crippen LogP contribution < -0.4 is 0 Å². The van der Waals surface area contributed by atoms with Crippen molar-refractivity contribution in [1.29, 1.82) is 0 Å². The highest BCUT2D eigenvalue weighted by atomic mass is 79.9. The van der Waals surface area contributed by atoms with E-state index in [1.807, 2.05) is 30.5 Å². The Morgan fingerprint density at radius 1 is 1.44 bits per heavy atom. The first-order chi connectivity index (χ1) is 7.72. The summed E-state index contributed by atoms with van der Waals surface area (Å²) in [5.41, 5.74) is 0.701. The van der Waals surface area contributed by atoms with E-state index in [2.05, 4.69) is 20.9 Å². The van der Waals surface area contributed by atoms with Gasteiger partial charge in [0.2, 0.25) is 0 Å². The van der Waals surface area contributed by atoms with Gasteiger partial charge in [-0.3, -0.25) is 14.7 Å². The quantitative estimate of drug-likeness (QED) is 0.798. The first-order valence-electron chi connectivity index (χ1n) is 4.88. The maximum Gasteiger partial charge on any atom is 0.259 e. The van der Waals surface area contributed by atoms with Crippen LogP contribution in [0.25, 0.3) is 0 Å². The van der Waals surface area contributed by atoms with Crippen molar-refractivity contribution in [1.82, 2.24) is 4.90 Å². The van der Waals surface area contributed by atoms with Crippen LogP contribution in [-0.4, -0.2) is 35.3 Å². The van der Waals surface area contributed by atoms with Gasteiger partial charge in [0.15, 0.2) is 5.17 Å². The van der Waals surface area contributed by atoms with Gasteiger partial charge in [-0.2, -0.15) is 0 Å². The Bertz CT molecular complexity index is 430. The summed E-state index contributed by atoms with van der Waals surface area (Å²) in [6, 6.07) is 7.39. The van der Waals surface area contributed by atoms with E-state index in [9.17, 15) is 4.79 Å². The van der Waals surface area contributed by atoms with Crippen LogP contribution in [0, 0.1) is 0 Å². The lowest BCUT2D eigenvalue weighted by Gasteiger charge is -2.16. The molecule has 5 heteroatoms. The highest BCUT2D eigenvalue weighted by molar-refractivity contribution is 9.10. The molecule has 16 heavy (non-hydrogen) atoms. The third kappa shape index (κ3) is 2.30. The van der Waals surface area contributed by atoms with Crippen molar-refractivity contribution in [2.24, 2.45) is 4.99 Å². The molecule has 0 bridgehead atoms. The van der Waals surface area contributed by atoms with Crippen LogP contribution in [0.2, 0.25) is 0 Å². The molecule has 1 amide bonds. The molecule has 0 spiro atoms. The van der Waals surface area contributed by atoms with E-state index in [0.717, 1.165) is 9.64 Å². The molecule has 0 saturated carbocycles. The van der Waals surface area contributed by atoms with Crippen molar-refractivity contribution in [3.05, 3.63) is 34.3 Å². The molecule has 0 fully saturated rings. The second-order valence-corrected chi connectivity index (χ2v) is 5.02. The van der Waals surface area contributed by atoms with Crippen LogP contribution in [0.4, 0.5) is 0 Å². The number of thioether (sulfide) groups is 1. The monoisotopic (exact) mass is 298 g/mol. The molecule has 1 aliphatic heterocycles. The van der Waals surface area contributed by atoms with E-state index in [4.69, 9.17) is 0 Å². The molecular formula is C11H11BrN2OS. The summed E-state index contributed by atoms with van der Waals surface area (Å²) in [5.74, 6) is 0.0260. The summed E-state index contributed by atoms with van der Waals surface area (Å²) in [6.07, 6.45) is 1.94. The average Bonchev–Trinajstić information content (AvgIpc) is 2.77. The molecule has 2 rings (SSSR count). The zero-order chi connectivity index (χ0) is 11.5. The van der Waals surface area contributed by atoms with Gasteiger partial charge >= 0.3 is 0 Å². The lowest BCUT2D eigenvalue weighted by atomic mass is 10.2. The van der Waals surface area contributed by atoms with Gasteiger partial charge in [0, 0.05) is 16.6 Å². The molecule has 0 radical (unpaired) electrons. The molecule has 0 unspecified atom stereocenters. The van der Waals surface area contributed by atoms with Crippen molar-refractivity contribution < 1.29 is 4.79 Å². The second-order valence-electron chi connectivity index (χ2n) is 3.33. The number of rotatable bonds is 1. The zero-order valence-corrected chi connectivity index (χ0v) is 11.2. The number of nitrogens with zero attached hydrogens (tertiary/aromatic N) is 2. The lowest BCUT2D eigenvalue weighted by molar-refractivity contribution is 0.0860. The van der Waals surface area contributed by atoms with Gasteiger partial charge in [-0.1, -0.05) is 27.7 Å².